The average molecular weight is 393 g/mol. The molecule has 1 aromatic rings. The average Bonchev–Trinajstić information content (AvgIpc) is 3.27. The summed E-state index contributed by atoms with van der Waals surface area (Å²) in [7, 11) is 1.95. The molecule has 8 nitrogen and oxygen atoms in total. The fourth-order valence-corrected chi connectivity index (χ4v) is 3.59. The van der Waals surface area contributed by atoms with Crippen molar-refractivity contribution in [3.63, 3.8) is 0 Å². The van der Waals surface area contributed by atoms with Gasteiger partial charge >= 0.3 is 6.09 Å². The van der Waals surface area contributed by atoms with Gasteiger partial charge in [-0.15, -0.1) is 0 Å². The molecule has 0 saturated carbocycles. The van der Waals surface area contributed by atoms with Crippen LogP contribution in [0.25, 0.3) is 0 Å². The molecule has 0 bridgehead atoms. The van der Waals surface area contributed by atoms with E-state index in [2.05, 4.69) is 47.6 Å². The second-order valence-electron chi connectivity index (χ2n) is 7.76. The highest BCUT2D eigenvalue weighted by atomic mass is 16.5. The lowest BCUT2D eigenvalue weighted by atomic mass is 10.0. The van der Waals surface area contributed by atoms with E-state index in [0.717, 1.165) is 38.4 Å². The SMILES string of the molecule is CCNC(=NCC(CC(C)C)NC(=O)OCC)N1CCC(c2cnn(C)c2)C1. The van der Waals surface area contributed by atoms with Crippen LogP contribution in [0.4, 0.5) is 4.79 Å². The van der Waals surface area contributed by atoms with E-state index < -0.39 is 0 Å². The van der Waals surface area contributed by atoms with Gasteiger partial charge in [-0.05, 0) is 38.2 Å². The number of rotatable bonds is 8. The van der Waals surface area contributed by atoms with Gasteiger partial charge in [-0.3, -0.25) is 9.67 Å². The standard InChI is InChI=1S/C20H36N6O2/c1-6-21-19(22-12-18(10-15(3)4)24-20(27)28-7-2)26-9-8-16(14-26)17-11-23-25(5)13-17/h11,13,15-16,18H,6-10,12,14H2,1-5H3,(H,21,22)(H,24,27). The van der Waals surface area contributed by atoms with Gasteiger partial charge in [0.25, 0.3) is 0 Å². The summed E-state index contributed by atoms with van der Waals surface area (Å²) in [4.78, 5) is 19.0. The number of hydrogen-bond acceptors (Lipinski definition) is 4. The number of ether oxygens (including phenoxy) is 1. The third-order valence-electron chi connectivity index (χ3n) is 4.83. The maximum absolute atomic E-state index is 11.8. The monoisotopic (exact) mass is 392 g/mol. The highest BCUT2D eigenvalue weighted by Crippen LogP contribution is 2.26. The van der Waals surface area contributed by atoms with Gasteiger partial charge in [0, 0.05) is 38.8 Å². The highest BCUT2D eigenvalue weighted by molar-refractivity contribution is 5.80. The number of aromatic nitrogens is 2. The minimum Gasteiger partial charge on any atom is -0.450 e. The zero-order valence-electron chi connectivity index (χ0n) is 17.9. The minimum absolute atomic E-state index is 0.0376. The molecule has 0 radical (unpaired) electrons. The maximum atomic E-state index is 11.8. The number of amides is 1. The summed E-state index contributed by atoms with van der Waals surface area (Å²) in [5.74, 6) is 1.85. The first-order valence-electron chi connectivity index (χ1n) is 10.4. The largest absolute Gasteiger partial charge is 0.450 e. The lowest BCUT2D eigenvalue weighted by molar-refractivity contribution is 0.147. The molecule has 2 heterocycles. The molecule has 2 atom stereocenters. The summed E-state index contributed by atoms with van der Waals surface area (Å²) in [6, 6.07) is -0.0376. The molecule has 1 aliphatic heterocycles. The topological polar surface area (TPSA) is 83.8 Å². The summed E-state index contributed by atoms with van der Waals surface area (Å²) >= 11 is 0. The number of alkyl carbamates (subject to hydrolysis) is 1. The number of nitrogens with one attached hydrogen (secondary N) is 2. The van der Waals surface area contributed by atoms with Crippen LogP contribution in [0.3, 0.4) is 0 Å². The molecule has 0 aliphatic carbocycles. The molecule has 1 saturated heterocycles. The number of aliphatic imine (C=N–C) groups is 1. The number of hydrogen-bond donors (Lipinski definition) is 2. The number of carbonyl (C=O) groups is 1. The normalized spacial score (nSPS) is 18.4. The number of guanidine groups is 1. The van der Waals surface area contributed by atoms with Crippen LogP contribution in [-0.2, 0) is 11.8 Å². The van der Waals surface area contributed by atoms with Crippen molar-refractivity contribution in [1.29, 1.82) is 0 Å². The minimum atomic E-state index is -0.369. The third-order valence-corrected chi connectivity index (χ3v) is 4.83. The first-order chi connectivity index (χ1) is 13.4. The molecule has 28 heavy (non-hydrogen) atoms. The Morgan fingerprint density at radius 3 is 2.82 bits per heavy atom. The first-order valence-corrected chi connectivity index (χ1v) is 10.4. The molecule has 2 N–H and O–H groups in total. The van der Waals surface area contributed by atoms with Crippen molar-refractivity contribution in [2.45, 2.75) is 52.5 Å². The summed E-state index contributed by atoms with van der Waals surface area (Å²) in [6.07, 6.45) is 5.64. The summed E-state index contributed by atoms with van der Waals surface area (Å²) in [5.41, 5.74) is 1.28. The molecular formula is C20H36N6O2. The van der Waals surface area contributed by atoms with Gasteiger partial charge in [0.05, 0.1) is 25.4 Å². The van der Waals surface area contributed by atoms with E-state index in [1.54, 1.807) is 0 Å². The van der Waals surface area contributed by atoms with Crippen molar-refractivity contribution < 1.29 is 9.53 Å². The lowest BCUT2D eigenvalue weighted by Crippen LogP contribution is -2.42. The van der Waals surface area contributed by atoms with Crippen LogP contribution in [0, 0.1) is 5.92 Å². The molecule has 1 aromatic heterocycles. The van der Waals surface area contributed by atoms with Crippen molar-refractivity contribution in [1.82, 2.24) is 25.3 Å². The van der Waals surface area contributed by atoms with E-state index in [-0.39, 0.29) is 12.1 Å². The van der Waals surface area contributed by atoms with E-state index in [1.807, 2.05) is 24.9 Å². The molecule has 0 aromatic carbocycles. The molecule has 0 spiro atoms. The van der Waals surface area contributed by atoms with E-state index in [0.29, 0.717) is 25.0 Å². The van der Waals surface area contributed by atoms with Gasteiger partial charge in [-0.2, -0.15) is 5.10 Å². The van der Waals surface area contributed by atoms with E-state index in [1.165, 1.54) is 5.56 Å². The number of aryl methyl sites for hydroxylation is 1. The fraction of sp³-hybridized carbons (Fsp3) is 0.750. The Morgan fingerprint density at radius 2 is 2.21 bits per heavy atom. The van der Waals surface area contributed by atoms with Gasteiger partial charge in [0.1, 0.15) is 0 Å². The van der Waals surface area contributed by atoms with Gasteiger partial charge in [0.2, 0.25) is 0 Å². The van der Waals surface area contributed by atoms with Crippen molar-refractivity contribution in [2.24, 2.45) is 18.0 Å². The molecule has 158 valence electrons. The molecule has 1 aliphatic rings. The zero-order valence-corrected chi connectivity index (χ0v) is 17.9. The number of carbonyl (C=O) groups excluding carboxylic acids is 1. The Morgan fingerprint density at radius 1 is 1.43 bits per heavy atom. The summed E-state index contributed by atoms with van der Waals surface area (Å²) in [5, 5.41) is 10.6. The quantitative estimate of drug-likeness (QED) is 0.524. The predicted octanol–water partition coefficient (Wildman–Crippen LogP) is 2.34. The molecule has 1 fully saturated rings. The maximum Gasteiger partial charge on any atom is 0.407 e. The van der Waals surface area contributed by atoms with Gasteiger partial charge in [0.15, 0.2) is 5.96 Å². The number of likely N-dealkylation sites (tertiary alicyclic amines) is 1. The summed E-state index contributed by atoms with van der Waals surface area (Å²) < 4.78 is 6.90. The molecular weight excluding hydrogens is 356 g/mol. The Bertz CT molecular complexity index is 642. The van der Waals surface area contributed by atoms with Gasteiger partial charge in [-0.1, -0.05) is 13.8 Å². The smallest absolute Gasteiger partial charge is 0.407 e. The molecule has 8 heteroatoms. The van der Waals surface area contributed by atoms with Crippen molar-refractivity contribution in [2.75, 3.05) is 32.8 Å². The fourth-order valence-electron chi connectivity index (χ4n) is 3.59. The van der Waals surface area contributed by atoms with E-state index >= 15 is 0 Å². The van der Waals surface area contributed by atoms with Gasteiger partial charge in [-0.25, -0.2) is 4.79 Å². The highest BCUT2D eigenvalue weighted by Gasteiger charge is 2.27. The zero-order chi connectivity index (χ0) is 20.5. The van der Waals surface area contributed by atoms with Crippen LogP contribution in [0.5, 0.6) is 0 Å². The number of nitrogens with zero attached hydrogens (tertiary/aromatic N) is 4. The first kappa shape index (κ1) is 22.0. The lowest BCUT2D eigenvalue weighted by Gasteiger charge is -2.23. The van der Waals surface area contributed by atoms with E-state index in [4.69, 9.17) is 9.73 Å². The second-order valence-corrected chi connectivity index (χ2v) is 7.76. The summed E-state index contributed by atoms with van der Waals surface area (Å²) in [6.45, 7) is 11.8. The van der Waals surface area contributed by atoms with Crippen molar-refractivity contribution in [3.05, 3.63) is 18.0 Å². The Hall–Kier alpha value is -2.25. The molecule has 2 unspecified atom stereocenters. The van der Waals surface area contributed by atoms with E-state index in [9.17, 15) is 4.79 Å². The van der Waals surface area contributed by atoms with Crippen LogP contribution in [0.15, 0.2) is 17.4 Å². The van der Waals surface area contributed by atoms with Crippen LogP contribution in [0.2, 0.25) is 0 Å². The Balaban J connectivity index is 2.01. The second kappa shape index (κ2) is 10.9. The van der Waals surface area contributed by atoms with Crippen LogP contribution in [0.1, 0.15) is 52.0 Å². The van der Waals surface area contributed by atoms with Gasteiger partial charge < -0.3 is 20.3 Å². The van der Waals surface area contributed by atoms with Crippen molar-refractivity contribution >= 4 is 12.1 Å². The predicted molar refractivity (Wildman–Crippen MR) is 112 cm³/mol. The van der Waals surface area contributed by atoms with Crippen LogP contribution >= 0.6 is 0 Å². The molecule has 1 amide bonds. The Labute approximate surface area is 168 Å². The van der Waals surface area contributed by atoms with Crippen LogP contribution < -0.4 is 10.6 Å². The Kier molecular flexibility index (Phi) is 8.60. The molecule has 2 rings (SSSR count). The third kappa shape index (κ3) is 6.73. The van der Waals surface area contributed by atoms with Crippen molar-refractivity contribution in [3.8, 4) is 0 Å². The van der Waals surface area contributed by atoms with Crippen LogP contribution in [-0.4, -0.2) is 65.6 Å².